The number of nitrogens with zero attached hydrogens (tertiary/aromatic N) is 1. The van der Waals surface area contributed by atoms with Gasteiger partial charge in [-0.15, -0.1) is 0 Å². The number of hydrogen-bond acceptors (Lipinski definition) is 4. The summed E-state index contributed by atoms with van der Waals surface area (Å²) in [6.07, 6.45) is 1.11. The van der Waals surface area contributed by atoms with Crippen molar-refractivity contribution in [3.8, 4) is 0 Å². The first-order valence-corrected chi connectivity index (χ1v) is 8.28. The van der Waals surface area contributed by atoms with Crippen LogP contribution in [0.25, 0.3) is 0 Å². The fourth-order valence-corrected chi connectivity index (χ4v) is 2.27. The van der Waals surface area contributed by atoms with Gasteiger partial charge < -0.3 is 10.2 Å². The second-order valence-electron chi connectivity index (χ2n) is 4.55. The minimum atomic E-state index is -3.15. The number of anilines is 1. The number of nitrogens with one attached hydrogen (secondary N) is 1. The van der Waals surface area contributed by atoms with Gasteiger partial charge >= 0.3 is 0 Å². The number of halogens is 1. The zero-order valence-corrected chi connectivity index (χ0v) is 12.6. The van der Waals surface area contributed by atoms with E-state index < -0.39 is 21.6 Å². The Morgan fingerprint density at radius 1 is 1.40 bits per heavy atom. The maximum atomic E-state index is 13.7. The molecule has 112 valence electrons. The number of hydrogen-bond donors (Lipinski definition) is 1. The first kappa shape index (κ1) is 16.4. The van der Waals surface area contributed by atoms with Gasteiger partial charge in [0, 0.05) is 26.4 Å². The molecule has 0 fully saturated rings. The third-order valence-corrected chi connectivity index (χ3v) is 3.67. The van der Waals surface area contributed by atoms with E-state index in [4.69, 9.17) is 0 Å². The third-order valence-electron chi connectivity index (χ3n) is 2.74. The molecule has 1 N–H and O–H groups in total. The van der Waals surface area contributed by atoms with Gasteiger partial charge in [-0.1, -0.05) is 6.07 Å². The Morgan fingerprint density at radius 3 is 2.60 bits per heavy atom. The predicted molar refractivity (Wildman–Crippen MR) is 77.2 cm³/mol. The Labute approximate surface area is 118 Å². The molecule has 0 heterocycles. The van der Waals surface area contributed by atoms with E-state index in [2.05, 4.69) is 5.32 Å². The number of para-hydroxylation sites is 1. The molecule has 20 heavy (non-hydrogen) atoms. The highest BCUT2D eigenvalue weighted by Gasteiger charge is 2.19. The van der Waals surface area contributed by atoms with Gasteiger partial charge in [-0.2, -0.15) is 0 Å². The van der Waals surface area contributed by atoms with Gasteiger partial charge in [-0.05, 0) is 19.1 Å². The van der Waals surface area contributed by atoms with E-state index in [1.807, 2.05) is 0 Å². The molecule has 0 unspecified atom stereocenters. The van der Waals surface area contributed by atoms with E-state index in [-0.39, 0.29) is 23.5 Å². The Kier molecular flexibility index (Phi) is 5.50. The van der Waals surface area contributed by atoms with Crippen molar-refractivity contribution in [3.05, 3.63) is 29.6 Å². The predicted octanol–water partition coefficient (Wildman–Crippen LogP) is 1.37. The summed E-state index contributed by atoms with van der Waals surface area (Å²) in [5.41, 5.74) is 0.342. The second-order valence-corrected chi connectivity index (χ2v) is 6.81. The topological polar surface area (TPSA) is 66.5 Å². The van der Waals surface area contributed by atoms with Gasteiger partial charge in [-0.25, -0.2) is 12.8 Å². The average molecular weight is 302 g/mol. The zero-order chi connectivity index (χ0) is 15.3. The summed E-state index contributed by atoms with van der Waals surface area (Å²) in [4.78, 5) is 13.5. The lowest BCUT2D eigenvalue weighted by Gasteiger charge is -2.19. The molecule has 0 saturated heterocycles. The summed E-state index contributed by atoms with van der Waals surface area (Å²) >= 11 is 0. The molecule has 0 aliphatic rings. The molecule has 0 atom stereocenters. The second kappa shape index (κ2) is 6.69. The van der Waals surface area contributed by atoms with Gasteiger partial charge in [0.25, 0.3) is 5.91 Å². The van der Waals surface area contributed by atoms with Crippen molar-refractivity contribution in [2.45, 2.75) is 6.92 Å². The van der Waals surface area contributed by atoms with Crippen LogP contribution in [0.1, 0.15) is 17.3 Å². The number of amides is 1. The Balaban J connectivity index is 2.94. The fourth-order valence-electron chi connectivity index (χ4n) is 1.67. The molecule has 0 saturated carbocycles. The number of benzene rings is 1. The van der Waals surface area contributed by atoms with E-state index in [0.717, 1.165) is 6.26 Å². The van der Waals surface area contributed by atoms with Crippen LogP contribution in [-0.4, -0.2) is 51.4 Å². The molecule has 1 amide bonds. The zero-order valence-electron chi connectivity index (χ0n) is 11.8. The summed E-state index contributed by atoms with van der Waals surface area (Å²) in [7, 11) is -1.65. The van der Waals surface area contributed by atoms with Gasteiger partial charge in [0.05, 0.1) is 17.0 Å². The highest BCUT2D eigenvalue weighted by Crippen LogP contribution is 2.21. The van der Waals surface area contributed by atoms with Crippen molar-refractivity contribution in [1.29, 1.82) is 0 Å². The lowest BCUT2D eigenvalue weighted by atomic mass is 10.1. The van der Waals surface area contributed by atoms with Gasteiger partial charge in [0.1, 0.15) is 15.7 Å². The first-order valence-electron chi connectivity index (χ1n) is 6.22. The summed E-state index contributed by atoms with van der Waals surface area (Å²) < 4.78 is 35.9. The molecular weight excluding hydrogens is 283 g/mol. The minimum absolute atomic E-state index is 0.0692. The molecule has 0 aliphatic carbocycles. The first-order chi connectivity index (χ1) is 9.26. The minimum Gasteiger partial charge on any atom is -0.382 e. The number of sulfone groups is 1. The maximum absolute atomic E-state index is 13.7. The number of rotatable bonds is 6. The Bertz CT molecular complexity index is 587. The van der Waals surface area contributed by atoms with Crippen molar-refractivity contribution in [3.63, 3.8) is 0 Å². The molecule has 0 aliphatic heterocycles. The normalized spacial score (nSPS) is 11.2. The fraction of sp³-hybridized carbons (Fsp3) is 0.462. The van der Waals surface area contributed by atoms with Crippen LogP contribution in [0.4, 0.5) is 10.1 Å². The van der Waals surface area contributed by atoms with Crippen molar-refractivity contribution >= 4 is 21.4 Å². The summed E-state index contributed by atoms with van der Waals surface area (Å²) in [6.45, 7) is 2.35. The van der Waals surface area contributed by atoms with E-state index in [9.17, 15) is 17.6 Å². The molecule has 5 nitrogen and oxygen atoms in total. The van der Waals surface area contributed by atoms with Crippen LogP contribution < -0.4 is 5.32 Å². The van der Waals surface area contributed by atoms with Crippen LogP contribution in [-0.2, 0) is 9.84 Å². The summed E-state index contributed by atoms with van der Waals surface area (Å²) in [5.74, 6) is -1.04. The SMILES string of the molecule is CCNc1c(F)cccc1C(=O)N(C)CCS(C)(=O)=O. The third kappa shape index (κ3) is 4.48. The highest BCUT2D eigenvalue weighted by atomic mass is 32.2. The Morgan fingerprint density at radius 2 is 2.05 bits per heavy atom. The Hall–Kier alpha value is -1.63. The van der Waals surface area contributed by atoms with Crippen LogP contribution >= 0.6 is 0 Å². The van der Waals surface area contributed by atoms with Gasteiger partial charge in [0.15, 0.2) is 0 Å². The molecule has 0 spiro atoms. The van der Waals surface area contributed by atoms with E-state index in [1.54, 1.807) is 6.92 Å². The smallest absolute Gasteiger partial charge is 0.255 e. The molecule has 1 rings (SSSR count). The van der Waals surface area contributed by atoms with Crippen molar-refractivity contribution in [2.75, 3.05) is 37.5 Å². The lowest BCUT2D eigenvalue weighted by molar-refractivity contribution is 0.0804. The standard InChI is InChI=1S/C13H19FN2O3S/c1-4-15-12-10(6-5-7-11(12)14)13(17)16(2)8-9-20(3,18)19/h5-7,15H,4,8-9H2,1-3H3. The van der Waals surface area contributed by atoms with E-state index in [0.29, 0.717) is 6.54 Å². The lowest BCUT2D eigenvalue weighted by Crippen LogP contribution is -2.32. The molecule has 0 bridgehead atoms. The molecule has 1 aromatic rings. The number of carbonyl (C=O) groups excluding carboxylic acids is 1. The summed E-state index contributed by atoms with van der Waals surface area (Å²) in [5, 5.41) is 2.81. The van der Waals surface area contributed by atoms with Crippen molar-refractivity contribution in [2.24, 2.45) is 0 Å². The highest BCUT2D eigenvalue weighted by molar-refractivity contribution is 7.90. The molecule has 0 aromatic heterocycles. The summed E-state index contributed by atoms with van der Waals surface area (Å²) in [6, 6.07) is 4.24. The molecule has 7 heteroatoms. The quantitative estimate of drug-likeness (QED) is 0.862. The van der Waals surface area contributed by atoms with Crippen molar-refractivity contribution in [1.82, 2.24) is 4.90 Å². The van der Waals surface area contributed by atoms with E-state index in [1.165, 1.54) is 30.1 Å². The van der Waals surface area contributed by atoms with Gasteiger partial charge in [-0.3, -0.25) is 4.79 Å². The molecular formula is C13H19FN2O3S. The average Bonchev–Trinajstić information content (AvgIpc) is 2.37. The van der Waals surface area contributed by atoms with Crippen molar-refractivity contribution < 1.29 is 17.6 Å². The van der Waals surface area contributed by atoms with Crippen LogP contribution in [0.15, 0.2) is 18.2 Å². The van der Waals surface area contributed by atoms with Crippen LogP contribution in [0, 0.1) is 5.82 Å². The monoisotopic (exact) mass is 302 g/mol. The van der Waals surface area contributed by atoms with Gasteiger partial charge in [0.2, 0.25) is 0 Å². The van der Waals surface area contributed by atoms with Crippen LogP contribution in [0.2, 0.25) is 0 Å². The molecule has 0 radical (unpaired) electrons. The van der Waals surface area contributed by atoms with E-state index >= 15 is 0 Å². The maximum Gasteiger partial charge on any atom is 0.255 e. The van der Waals surface area contributed by atoms with Crippen LogP contribution in [0.5, 0.6) is 0 Å². The molecule has 1 aromatic carbocycles. The number of carbonyl (C=O) groups is 1. The van der Waals surface area contributed by atoms with Crippen LogP contribution in [0.3, 0.4) is 0 Å². The largest absolute Gasteiger partial charge is 0.382 e.